The van der Waals surface area contributed by atoms with Gasteiger partial charge in [0.1, 0.15) is 12.3 Å². The highest BCUT2D eigenvalue weighted by molar-refractivity contribution is 7.13. The molecule has 0 spiro atoms. The van der Waals surface area contributed by atoms with E-state index in [9.17, 15) is 0 Å². The fourth-order valence-corrected chi connectivity index (χ4v) is 4.87. The quantitative estimate of drug-likeness (QED) is 0.510. The summed E-state index contributed by atoms with van der Waals surface area (Å²) in [5.41, 5.74) is 4.60. The summed E-state index contributed by atoms with van der Waals surface area (Å²) >= 11 is 1.71. The van der Waals surface area contributed by atoms with Crippen LogP contribution in [0.15, 0.2) is 36.0 Å². The van der Waals surface area contributed by atoms with Crippen molar-refractivity contribution in [2.45, 2.75) is 38.5 Å². The molecule has 5 rings (SSSR count). The van der Waals surface area contributed by atoms with Crippen LogP contribution in [0.25, 0.3) is 21.8 Å². The largest absolute Gasteiger partial charge is 0.493 e. The van der Waals surface area contributed by atoms with Gasteiger partial charge in [0.25, 0.3) is 0 Å². The average Bonchev–Trinajstić information content (AvgIpc) is 3.46. The normalized spacial score (nSPS) is 18.0. The molecular formula is C23H26N2O4S. The zero-order valence-electron chi connectivity index (χ0n) is 17.1. The van der Waals surface area contributed by atoms with Gasteiger partial charge in [0.2, 0.25) is 0 Å². The molecule has 158 valence electrons. The Kier molecular flexibility index (Phi) is 5.75. The number of hydrogen-bond donors (Lipinski definition) is 0. The Morgan fingerprint density at radius 3 is 3.00 bits per heavy atom. The van der Waals surface area contributed by atoms with Crippen molar-refractivity contribution in [1.29, 1.82) is 0 Å². The van der Waals surface area contributed by atoms with Crippen molar-refractivity contribution in [2.24, 2.45) is 0 Å². The van der Waals surface area contributed by atoms with E-state index in [0.29, 0.717) is 13.2 Å². The monoisotopic (exact) mass is 426 g/mol. The van der Waals surface area contributed by atoms with Gasteiger partial charge in [-0.05, 0) is 54.8 Å². The van der Waals surface area contributed by atoms with Crippen LogP contribution in [0.5, 0.6) is 11.5 Å². The number of imidazole rings is 1. The van der Waals surface area contributed by atoms with Crippen molar-refractivity contribution in [1.82, 2.24) is 9.55 Å². The van der Waals surface area contributed by atoms with Crippen molar-refractivity contribution in [3.63, 3.8) is 0 Å². The van der Waals surface area contributed by atoms with E-state index in [4.69, 9.17) is 23.9 Å². The molecule has 0 amide bonds. The molecule has 30 heavy (non-hydrogen) atoms. The summed E-state index contributed by atoms with van der Waals surface area (Å²) in [4.78, 5) is 5.88. The summed E-state index contributed by atoms with van der Waals surface area (Å²) in [5, 5.41) is 2.09. The van der Waals surface area contributed by atoms with Gasteiger partial charge in [-0.25, -0.2) is 4.98 Å². The zero-order valence-corrected chi connectivity index (χ0v) is 18.0. The zero-order chi connectivity index (χ0) is 20.3. The number of fused-ring (bicyclic) bond motifs is 3. The van der Waals surface area contributed by atoms with Crippen LogP contribution >= 0.6 is 11.3 Å². The summed E-state index contributed by atoms with van der Waals surface area (Å²) in [6.45, 7) is 2.64. The van der Waals surface area contributed by atoms with Gasteiger partial charge >= 0.3 is 0 Å². The molecule has 1 unspecified atom stereocenters. The second-order valence-corrected chi connectivity index (χ2v) is 8.49. The van der Waals surface area contributed by atoms with E-state index in [1.165, 1.54) is 10.4 Å². The molecule has 0 N–H and O–H groups in total. The summed E-state index contributed by atoms with van der Waals surface area (Å²) in [6.07, 6.45) is 6.02. The number of aromatic nitrogens is 2. The summed E-state index contributed by atoms with van der Waals surface area (Å²) < 4.78 is 25.3. The standard InChI is InChI=1S/C23H26N2O4S/c1-26-18-13-16-7-8-25-15-24-22(20-5-4-12-30-20)23(25)17(16)14-19(18)27-10-11-29-21-6-2-3-9-28-21/h4-5,12-15,21H,2-3,6-11H2,1H3. The fraction of sp³-hybridized carbons (Fsp3) is 0.435. The van der Waals surface area contributed by atoms with E-state index < -0.39 is 0 Å². The maximum absolute atomic E-state index is 6.07. The summed E-state index contributed by atoms with van der Waals surface area (Å²) in [5.74, 6) is 1.49. The second kappa shape index (κ2) is 8.79. The third-order valence-electron chi connectivity index (χ3n) is 5.64. The first kappa shape index (κ1) is 19.6. The molecule has 2 aliphatic rings. The Bertz CT molecular complexity index is 993. The molecule has 0 radical (unpaired) electrons. The predicted molar refractivity (Wildman–Crippen MR) is 116 cm³/mol. The molecule has 6 nitrogen and oxygen atoms in total. The lowest BCUT2D eigenvalue weighted by atomic mass is 9.96. The first-order valence-electron chi connectivity index (χ1n) is 10.5. The lowest BCUT2D eigenvalue weighted by Gasteiger charge is -2.23. The topological polar surface area (TPSA) is 54.7 Å². The van der Waals surface area contributed by atoms with Gasteiger partial charge in [0, 0.05) is 18.7 Å². The Morgan fingerprint density at radius 1 is 1.23 bits per heavy atom. The SMILES string of the molecule is COc1cc2c(cc1OCCOC1CCCCO1)-c1c(-c3cccs3)ncn1CC2. The van der Waals surface area contributed by atoms with E-state index in [-0.39, 0.29) is 6.29 Å². The molecule has 1 saturated heterocycles. The Labute approximate surface area is 180 Å². The fourth-order valence-electron chi connectivity index (χ4n) is 4.14. The minimum absolute atomic E-state index is 0.101. The highest BCUT2D eigenvalue weighted by Crippen LogP contribution is 2.42. The third kappa shape index (κ3) is 3.85. The predicted octanol–water partition coefficient (Wildman–Crippen LogP) is 4.77. The molecule has 1 fully saturated rings. The Balaban J connectivity index is 1.37. The highest BCUT2D eigenvalue weighted by atomic mass is 32.1. The number of nitrogens with zero attached hydrogens (tertiary/aromatic N) is 2. The van der Waals surface area contributed by atoms with Gasteiger partial charge < -0.3 is 23.5 Å². The third-order valence-corrected chi connectivity index (χ3v) is 6.52. The maximum atomic E-state index is 6.07. The van der Waals surface area contributed by atoms with Gasteiger partial charge in [-0.2, -0.15) is 0 Å². The molecule has 0 saturated carbocycles. The number of methoxy groups -OCH3 is 1. The number of aryl methyl sites for hydroxylation is 2. The number of benzene rings is 1. The lowest BCUT2D eigenvalue weighted by molar-refractivity contribution is -0.165. The minimum atomic E-state index is -0.101. The van der Waals surface area contributed by atoms with Crippen LogP contribution < -0.4 is 9.47 Å². The highest BCUT2D eigenvalue weighted by Gasteiger charge is 2.24. The molecular weight excluding hydrogens is 400 g/mol. The maximum Gasteiger partial charge on any atom is 0.161 e. The smallest absolute Gasteiger partial charge is 0.161 e. The summed E-state index contributed by atoms with van der Waals surface area (Å²) in [7, 11) is 1.69. The first-order valence-corrected chi connectivity index (χ1v) is 11.4. The van der Waals surface area contributed by atoms with E-state index in [2.05, 4.69) is 34.2 Å². The first-order chi connectivity index (χ1) is 14.8. The Hall–Kier alpha value is -2.35. The van der Waals surface area contributed by atoms with E-state index in [1.54, 1.807) is 18.4 Å². The molecule has 7 heteroatoms. The van der Waals surface area contributed by atoms with Crippen molar-refractivity contribution in [2.75, 3.05) is 26.9 Å². The van der Waals surface area contributed by atoms with Crippen LogP contribution in [0.1, 0.15) is 24.8 Å². The van der Waals surface area contributed by atoms with Crippen LogP contribution in [0.3, 0.4) is 0 Å². The molecule has 2 aliphatic heterocycles. The number of rotatable bonds is 7. The summed E-state index contributed by atoms with van der Waals surface area (Å²) in [6, 6.07) is 8.38. The second-order valence-electron chi connectivity index (χ2n) is 7.54. The van der Waals surface area contributed by atoms with Crippen LogP contribution in [0.4, 0.5) is 0 Å². The average molecular weight is 427 g/mol. The van der Waals surface area contributed by atoms with Crippen molar-refractivity contribution in [3.05, 3.63) is 41.5 Å². The minimum Gasteiger partial charge on any atom is -0.493 e. The van der Waals surface area contributed by atoms with Crippen LogP contribution in [-0.4, -0.2) is 42.8 Å². The molecule has 2 aromatic heterocycles. The van der Waals surface area contributed by atoms with Gasteiger partial charge in [0.15, 0.2) is 17.8 Å². The van der Waals surface area contributed by atoms with E-state index in [0.717, 1.165) is 67.3 Å². The molecule has 1 aromatic carbocycles. The number of ether oxygens (including phenoxy) is 4. The molecule has 0 bridgehead atoms. The van der Waals surface area contributed by atoms with E-state index in [1.807, 2.05) is 6.33 Å². The van der Waals surface area contributed by atoms with Gasteiger partial charge in [-0.3, -0.25) is 0 Å². The van der Waals surface area contributed by atoms with Crippen molar-refractivity contribution < 1.29 is 18.9 Å². The number of thiophene rings is 1. The van der Waals surface area contributed by atoms with Crippen LogP contribution in [0.2, 0.25) is 0 Å². The van der Waals surface area contributed by atoms with Crippen LogP contribution in [0, 0.1) is 0 Å². The van der Waals surface area contributed by atoms with Crippen molar-refractivity contribution >= 4 is 11.3 Å². The molecule has 4 heterocycles. The molecule has 1 atom stereocenters. The van der Waals surface area contributed by atoms with Crippen LogP contribution in [-0.2, 0) is 22.4 Å². The van der Waals surface area contributed by atoms with Gasteiger partial charge in [-0.15, -0.1) is 11.3 Å². The lowest BCUT2D eigenvalue weighted by Crippen LogP contribution is -2.24. The molecule has 0 aliphatic carbocycles. The Morgan fingerprint density at radius 2 is 2.20 bits per heavy atom. The van der Waals surface area contributed by atoms with E-state index >= 15 is 0 Å². The van der Waals surface area contributed by atoms with Crippen molar-refractivity contribution in [3.8, 4) is 33.3 Å². The molecule has 3 aromatic rings. The number of hydrogen-bond acceptors (Lipinski definition) is 6. The van der Waals surface area contributed by atoms with Gasteiger partial charge in [0.05, 0.1) is 30.6 Å². The van der Waals surface area contributed by atoms with Gasteiger partial charge in [-0.1, -0.05) is 6.07 Å².